The maximum atomic E-state index is 12.5. The molecule has 0 saturated carbocycles. The molecule has 7 heteroatoms. The summed E-state index contributed by atoms with van der Waals surface area (Å²) in [4.78, 5) is 4.24. The summed E-state index contributed by atoms with van der Waals surface area (Å²) in [6.07, 6.45) is 2.21. The van der Waals surface area contributed by atoms with Crippen molar-refractivity contribution in [1.82, 2.24) is 9.29 Å². The van der Waals surface area contributed by atoms with E-state index in [4.69, 9.17) is 17.3 Å². The molecule has 0 atom stereocenters. The van der Waals surface area contributed by atoms with E-state index in [1.54, 1.807) is 6.20 Å². The highest BCUT2D eigenvalue weighted by atomic mass is 35.5. The van der Waals surface area contributed by atoms with E-state index in [-0.39, 0.29) is 10.6 Å². The highest BCUT2D eigenvalue weighted by Gasteiger charge is 2.23. The zero-order valence-corrected chi connectivity index (χ0v) is 13.1. The van der Waals surface area contributed by atoms with Crippen LogP contribution in [-0.4, -0.2) is 31.3 Å². The van der Waals surface area contributed by atoms with Gasteiger partial charge >= 0.3 is 0 Å². The highest BCUT2D eigenvalue weighted by molar-refractivity contribution is 7.89. The molecule has 5 nitrogen and oxygen atoms in total. The van der Waals surface area contributed by atoms with Gasteiger partial charge in [0, 0.05) is 36.9 Å². The molecule has 0 saturated heterocycles. The van der Waals surface area contributed by atoms with Gasteiger partial charge in [0.25, 0.3) is 0 Å². The number of aromatic nitrogens is 1. The number of halogens is 1. The van der Waals surface area contributed by atoms with Crippen molar-refractivity contribution < 1.29 is 8.42 Å². The maximum absolute atomic E-state index is 12.5. The number of nitrogen functional groups attached to an aromatic ring is 1. The van der Waals surface area contributed by atoms with E-state index in [2.05, 4.69) is 4.98 Å². The minimum absolute atomic E-state index is 0.0652. The van der Waals surface area contributed by atoms with Gasteiger partial charge in [0.15, 0.2) is 0 Å². The number of pyridine rings is 1. The van der Waals surface area contributed by atoms with Gasteiger partial charge in [-0.2, -0.15) is 0 Å². The van der Waals surface area contributed by atoms with Crippen molar-refractivity contribution in [3.63, 3.8) is 0 Å². The Morgan fingerprint density at radius 3 is 2.67 bits per heavy atom. The Morgan fingerprint density at radius 2 is 2.05 bits per heavy atom. The Balaban J connectivity index is 2.15. The molecular weight excluding hydrogens is 310 g/mol. The lowest BCUT2D eigenvalue weighted by molar-refractivity contribution is 0.471. The summed E-state index contributed by atoms with van der Waals surface area (Å²) in [5, 5.41) is 0.405. The third-order valence-electron chi connectivity index (χ3n) is 3.07. The first-order valence-electron chi connectivity index (χ1n) is 6.32. The van der Waals surface area contributed by atoms with Gasteiger partial charge in [0.05, 0.1) is 5.69 Å². The van der Waals surface area contributed by atoms with Gasteiger partial charge in [-0.3, -0.25) is 4.98 Å². The molecule has 0 amide bonds. The summed E-state index contributed by atoms with van der Waals surface area (Å²) in [6.45, 7) is 0.321. The predicted octanol–water partition coefficient (Wildman–Crippen LogP) is 2.18. The molecule has 0 aliphatic rings. The monoisotopic (exact) mass is 325 g/mol. The second-order valence-electron chi connectivity index (χ2n) is 4.58. The number of nitrogens with zero attached hydrogens (tertiary/aromatic N) is 2. The zero-order valence-electron chi connectivity index (χ0n) is 11.5. The highest BCUT2D eigenvalue weighted by Crippen LogP contribution is 2.24. The summed E-state index contributed by atoms with van der Waals surface area (Å²) in [5.41, 5.74) is 6.73. The molecule has 1 aromatic heterocycles. The van der Waals surface area contributed by atoms with Crippen LogP contribution in [0.4, 0.5) is 5.69 Å². The predicted molar refractivity (Wildman–Crippen MR) is 83.6 cm³/mol. The summed E-state index contributed by atoms with van der Waals surface area (Å²) in [7, 11) is -2.11. The molecule has 0 aliphatic heterocycles. The van der Waals surface area contributed by atoms with Gasteiger partial charge in [-0.15, -0.1) is 0 Å². The van der Waals surface area contributed by atoms with Crippen molar-refractivity contribution in [2.24, 2.45) is 0 Å². The maximum Gasteiger partial charge on any atom is 0.244 e. The average molecular weight is 326 g/mol. The molecule has 112 valence electrons. The summed E-state index contributed by atoms with van der Waals surface area (Å²) >= 11 is 5.79. The van der Waals surface area contributed by atoms with Crippen LogP contribution in [0.1, 0.15) is 5.69 Å². The fourth-order valence-corrected chi connectivity index (χ4v) is 3.31. The Hall–Kier alpha value is -1.63. The number of rotatable bonds is 5. The van der Waals surface area contributed by atoms with E-state index in [9.17, 15) is 8.42 Å². The molecule has 0 unspecified atom stereocenters. The fraction of sp³-hybridized carbons (Fsp3) is 0.214. The first kappa shape index (κ1) is 15.8. The number of likely N-dealkylation sites (N-methyl/N-ethyl adjacent to an activating group) is 1. The molecular formula is C14H16ClN3O2S. The van der Waals surface area contributed by atoms with Crippen LogP contribution in [-0.2, 0) is 16.4 Å². The van der Waals surface area contributed by atoms with Gasteiger partial charge in [-0.1, -0.05) is 17.7 Å². The number of sulfonamides is 1. The topological polar surface area (TPSA) is 76.3 Å². The van der Waals surface area contributed by atoms with E-state index in [1.807, 2.05) is 18.2 Å². The van der Waals surface area contributed by atoms with Crippen molar-refractivity contribution in [1.29, 1.82) is 0 Å². The molecule has 0 bridgehead atoms. The van der Waals surface area contributed by atoms with Gasteiger partial charge < -0.3 is 5.73 Å². The zero-order chi connectivity index (χ0) is 15.5. The summed E-state index contributed by atoms with van der Waals surface area (Å²) < 4.78 is 26.2. The minimum atomic E-state index is -3.63. The second-order valence-corrected chi connectivity index (χ2v) is 7.03. The number of nitrogens with two attached hydrogens (primary N) is 1. The Morgan fingerprint density at radius 1 is 1.29 bits per heavy atom. The van der Waals surface area contributed by atoms with Crippen LogP contribution in [0.2, 0.25) is 5.02 Å². The van der Waals surface area contributed by atoms with Crippen LogP contribution in [0.15, 0.2) is 47.5 Å². The molecule has 0 fully saturated rings. The molecule has 2 N–H and O–H groups in total. The summed E-state index contributed by atoms with van der Waals surface area (Å²) in [5.74, 6) is 0. The number of hydrogen-bond donors (Lipinski definition) is 1. The lowest BCUT2D eigenvalue weighted by Crippen LogP contribution is -2.29. The molecule has 1 aromatic carbocycles. The number of hydrogen-bond acceptors (Lipinski definition) is 4. The molecule has 0 spiro atoms. The van der Waals surface area contributed by atoms with Crippen LogP contribution in [0.3, 0.4) is 0 Å². The van der Waals surface area contributed by atoms with Crippen molar-refractivity contribution >= 4 is 27.3 Å². The Labute approximate surface area is 129 Å². The molecule has 1 heterocycles. The second kappa shape index (κ2) is 6.43. The number of anilines is 1. The lowest BCUT2D eigenvalue weighted by atomic mass is 10.3. The van der Waals surface area contributed by atoms with E-state index in [0.29, 0.717) is 18.0 Å². The van der Waals surface area contributed by atoms with Gasteiger partial charge in [0.1, 0.15) is 4.90 Å². The lowest BCUT2D eigenvalue weighted by Gasteiger charge is -2.18. The summed E-state index contributed by atoms with van der Waals surface area (Å²) in [6, 6.07) is 9.91. The SMILES string of the molecule is CN(CCc1ccccn1)S(=O)(=O)c1ccc(Cl)cc1N. The normalized spacial score (nSPS) is 11.8. The molecule has 2 aromatic rings. The molecule has 21 heavy (non-hydrogen) atoms. The first-order valence-corrected chi connectivity index (χ1v) is 8.14. The minimum Gasteiger partial charge on any atom is -0.398 e. The Kier molecular flexibility index (Phi) is 4.82. The average Bonchev–Trinajstić information content (AvgIpc) is 2.45. The van der Waals surface area contributed by atoms with Crippen molar-refractivity contribution in [2.75, 3.05) is 19.3 Å². The first-order chi connectivity index (χ1) is 9.91. The molecule has 2 rings (SSSR count). The van der Waals surface area contributed by atoms with Crippen molar-refractivity contribution in [3.8, 4) is 0 Å². The molecule has 0 aliphatic carbocycles. The van der Waals surface area contributed by atoms with Crippen LogP contribution in [0, 0.1) is 0 Å². The van der Waals surface area contributed by atoms with Crippen molar-refractivity contribution in [2.45, 2.75) is 11.3 Å². The largest absolute Gasteiger partial charge is 0.398 e. The van der Waals surface area contributed by atoms with E-state index in [1.165, 1.54) is 29.6 Å². The third kappa shape index (κ3) is 3.72. The fourth-order valence-electron chi connectivity index (χ4n) is 1.86. The Bertz CT molecular complexity index is 720. The molecule has 0 radical (unpaired) electrons. The van der Waals surface area contributed by atoms with E-state index < -0.39 is 10.0 Å². The number of benzene rings is 1. The van der Waals surface area contributed by atoms with E-state index >= 15 is 0 Å². The van der Waals surface area contributed by atoms with Crippen LogP contribution >= 0.6 is 11.6 Å². The quantitative estimate of drug-likeness (QED) is 0.855. The smallest absolute Gasteiger partial charge is 0.244 e. The van der Waals surface area contributed by atoms with Crippen LogP contribution < -0.4 is 5.73 Å². The van der Waals surface area contributed by atoms with Gasteiger partial charge in [-0.05, 0) is 30.3 Å². The van der Waals surface area contributed by atoms with E-state index in [0.717, 1.165) is 5.69 Å². The van der Waals surface area contributed by atoms with Crippen LogP contribution in [0.25, 0.3) is 0 Å². The third-order valence-corrected chi connectivity index (χ3v) is 5.23. The van der Waals surface area contributed by atoms with Gasteiger partial charge in [0.2, 0.25) is 10.0 Å². The van der Waals surface area contributed by atoms with Gasteiger partial charge in [-0.25, -0.2) is 12.7 Å². The van der Waals surface area contributed by atoms with Crippen molar-refractivity contribution in [3.05, 3.63) is 53.3 Å². The standard InChI is InChI=1S/C14H16ClN3O2S/c1-18(9-7-12-4-2-3-8-17-12)21(19,20)14-6-5-11(15)10-13(14)16/h2-6,8,10H,7,9,16H2,1H3. The van der Waals surface area contributed by atoms with Crippen LogP contribution in [0.5, 0.6) is 0 Å².